The molecule has 0 aliphatic rings. The lowest BCUT2D eigenvalue weighted by molar-refractivity contribution is 0.102. The fourth-order valence-corrected chi connectivity index (χ4v) is 2.35. The zero-order valence-corrected chi connectivity index (χ0v) is 13.7. The summed E-state index contributed by atoms with van der Waals surface area (Å²) in [5, 5.41) is 2.76. The number of carbonyl (C=O) groups excluding carboxylic acids is 1. The van der Waals surface area contributed by atoms with Gasteiger partial charge in [-0.1, -0.05) is 30.3 Å². The number of hydrogen-bond acceptors (Lipinski definition) is 4. The molecular weight excluding hydrogens is 319 g/mol. The summed E-state index contributed by atoms with van der Waals surface area (Å²) in [7, 11) is 1.87. The average Bonchev–Trinajstić information content (AvgIpc) is 2.64. The minimum Gasteiger partial charge on any atom is -0.355 e. The first kappa shape index (κ1) is 16.6. The van der Waals surface area contributed by atoms with Crippen LogP contribution in [0.4, 0.5) is 16.0 Å². The number of amides is 1. The van der Waals surface area contributed by atoms with Crippen LogP contribution in [0.3, 0.4) is 0 Å². The molecule has 0 bridgehead atoms. The monoisotopic (exact) mass is 336 g/mol. The highest BCUT2D eigenvalue weighted by atomic mass is 19.1. The van der Waals surface area contributed by atoms with Gasteiger partial charge in [0.1, 0.15) is 23.8 Å². The first-order valence-corrected chi connectivity index (χ1v) is 7.76. The SMILES string of the molecule is CN(Cc1ccc(F)cc1)c1cc(NC(=O)c2ccccc2)ncn1. The standard InChI is InChI=1S/C19H17FN4O/c1-24(12-14-7-9-16(20)10-8-14)18-11-17(21-13-22-18)23-19(25)15-5-3-2-4-6-15/h2-11,13H,12H2,1H3,(H,21,22,23,25). The Kier molecular flexibility index (Phi) is 4.99. The summed E-state index contributed by atoms with van der Waals surface area (Å²) in [5.41, 5.74) is 1.51. The third kappa shape index (κ3) is 4.38. The second kappa shape index (κ2) is 7.53. The number of benzene rings is 2. The van der Waals surface area contributed by atoms with E-state index >= 15 is 0 Å². The Bertz CT molecular complexity index is 853. The molecule has 1 amide bonds. The van der Waals surface area contributed by atoms with E-state index < -0.39 is 0 Å². The van der Waals surface area contributed by atoms with Crippen molar-refractivity contribution in [2.45, 2.75) is 6.54 Å². The Labute approximate surface area is 145 Å². The molecule has 25 heavy (non-hydrogen) atoms. The van der Waals surface area contributed by atoms with Crippen molar-refractivity contribution in [1.82, 2.24) is 9.97 Å². The van der Waals surface area contributed by atoms with Crippen molar-refractivity contribution in [3.05, 3.63) is 83.9 Å². The van der Waals surface area contributed by atoms with Crippen LogP contribution in [0.15, 0.2) is 67.0 Å². The zero-order chi connectivity index (χ0) is 17.6. The number of anilines is 2. The lowest BCUT2D eigenvalue weighted by Gasteiger charge is -2.18. The van der Waals surface area contributed by atoms with Gasteiger partial charge in [0.05, 0.1) is 0 Å². The van der Waals surface area contributed by atoms with Gasteiger partial charge in [0.25, 0.3) is 5.91 Å². The van der Waals surface area contributed by atoms with Crippen molar-refractivity contribution in [3.8, 4) is 0 Å². The van der Waals surface area contributed by atoms with Gasteiger partial charge in [0.15, 0.2) is 0 Å². The normalized spacial score (nSPS) is 10.3. The topological polar surface area (TPSA) is 58.1 Å². The van der Waals surface area contributed by atoms with E-state index in [1.54, 1.807) is 42.5 Å². The first-order valence-electron chi connectivity index (χ1n) is 7.76. The molecule has 0 unspecified atom stereocenters. The summed E-state index contributed by atoms with van der Waals surface area (Å²) in [6, 6.07) is 16.9. The molecule has 0 aliphatic carbocycles. The van der Waals surface area contributed by atoms with Crippen LogP contribution in [0, 0.1) is 5.82 Å². The molecule has 0 fully saturated rings. The lowest BCUT2D eigenvalue weighted by atomic mass is 10.2. The summed E-state index contributed by atoms with van der Waals surface area (Å²) >= 11 is 0. The van der Waals surface area contributed by atoms with Crippen LogP contribution in [0.5, 0.6) is 0 Å². The van der Waals surface area contributed by atoms with E-state index in [0.717, 1.165) is 5.56 Å². The number of rotatable bonds is 5. The van der Waals surface area contributed by atoms with Crippen LogP contribution in [0.2, 0.25) is 0 Å². The van der Waals surface area contributed by atoms with Crippen molar-refractivity contribution < 1.29 is 9.18 Å². The third-order valence-electron chi connectivity index (χ3n) is 3.65. The molecule has 3 aromatic rings. The van der Waals surface area contributed by atoms with Crippen LogP contribution >= 0.6 is 0 Å². The largest absolute Gasteiger partial charge is 0.355 e. The molecule has 6 heteroatoms. The number of nitrogens with zero attached hydrogens (tertiary/aromatic N) is 3. The minimum atomic E-state index is -0.264. The molecule has 0 saturated heterocycles. The van der Waals surface area contributed by atoms with Crippen LogP contribution < -0.4 is 10.2 Å². The summed E-state index contributed by atoms with van der Waals surface area (Å²) in [6.07, 6.45) is 1.40. The Hall–Kier alpha value is -3.28. The number of aromatic nitrogens is 2. The van der Waals surface area contributed by atoms with Crippen LogP contribution in [-0.2, 0) is 6.54 Å². The van der Waals surface area contributed by atoms with Gasteiger partial charge in [-0.25, -0.2) is 14.4 Å². The highest BCUT2D eigenvalue weighted by molar-refractivity contribution is 6.03. The third-order valence-corrected chi connectivity index (χ3v) is 3.65. The van der Waals surface area contributed by atoms with Gasteiger partial charge in [-0.05, 0) is 29.8 Å². The van der Waals surface area contributed by atoms with E-state index in [-0.39, 0.29) is 11.7 Å². The molecule has 1 aromatic heterocycles. The number of hydrogen-bond donors (Lipinski definition) is 1. The molecule has 5 nitrogen and oxygen atoms in total. The molecule has 0 aliphatic heterocycles. The highest BCUT2D eigenvalue weighted by Crippen LogP contribution is 2.16. The minimum absolute atomic E-state index is 0.230. The molecule has 2 aromatic carbocycles. The molecular formula is C19H17FN4O. The average molecular weight is 336 g/mol. The van der Waals surface area contributed by atoms with E-state index in [0.29, 0.717) is 23.7 Å². The molecule has 3 rings (SSSR count). The first-order chi connectivity index (χ1) is 12.1. The zero-order valence-electron chi connectivity index (χ0n) is 13.7. The lowest BCUT2D eigenvalue weighted by Crippen LogP contribution is -2.19. The summed E-state index contributed by atoms with van der Waals surface area (Å²) < 4.78 is 13.0. The van der Waals surface area contributed by atoms with Crippen LogP contribution in [0.25, 0.3) is 0 Å². The van der Waals surface area contributed by atoms with Crippen molar-refractivity contribution >= 4 is 17.5 Å². The second-order valence-corrected chi connectivity index (χ2v) is 5.56. The molecule has 0 saturated carbocycles. The van der Waals surface area contributed by atoms with Crippen molar-refractivity contribution in [3.63, 3.8) is 0 Å². The van der Waals surface area contributed by atoms with Crippen LogP contribution in [0.1, 0.15) is 15.9 Å². The van der Waals surface area contributed by atoms with Crippen LogP contribution in [-0.4, -0.2) is 22.9 Å². The Balaban J connectivity index is 1.70. The van der Waals surface area contributed by atoms with E-state index in [2.05, 4.69) is 15.3 Å². The fourth-order valence-electron chi connectivity index (χ4n) is 2.35. The number of carbonyl (C=O) groups is 1. The van der Waals surface area contributed by atoms with Crippen molar-refractivity contribution in [2.24, 2.45) is 0 Å². The second-order valence-electron chi connectivity index (χ2n) is 5.56. The van der Waals surface area contributed by atoms with Gasteiger partial charge in [-0.3, -0.25) is 4.79 Å². The quantitative estimate of drug-likeness (QED) is 0.775. The molecule has 0 radical (unpaired) electrons. The number of halogens is 1. The summed E-state index contributed by atoms with van der Waals surface area (Å²) in [4.78, 5) is 22.4. The van der Waals surface area contributed by atoms with Gasteiger partial charge in [0, 0.05) is 25.2 Å². The Morgan fingerprint density at radius 2 is 1.80 bits per heavy atom. The molecule has 0 spiro atoms. The Morgan fingerprint density at radius 3 is 2.52 bits per heavy atom. The summed E-state index contributed by atoms with van der Waals surface area (Å²) in [6.45, 7) is 0.559. The maximum atomic E-state index is 13.0. The molecule has 0 atom stereocenters. The smallest absolute Gasteiger partial charge is 0.256 e. The predicted molar refractivity (Wildman–Crippen MR) is 94.9 cm³/mol. The van der Waals surface area contributed by atoms with Crippen molar-refractivity contribution in [2.75, 3.05) is 17.3 Å². The Morgan fingerprint density at radius 1 is 1.08 bits per heavy atom. The predicted octanol–water partition coefficient (Wildman–Crippen LogP) is 3.50. The fraction of sp³-hybridized carbons (Fsp3) is 0.105. The van der Waals surface area contributed by atoms with E-state index in [1.807, 2.05) is 18.0 Å². The maximum absolute atomic E-state index is 13.0. The molecule has 126 valence electrons. The van der Waals surface area contributed by atoms with Crippen molar-refractivity contribution in [1.29, 1.82) is 0 Å². The van der Waals surface area contributed by atoms with Gasteiger partial charge in [-0.15, -0.1) is 0 Å². The maximum Gasteiger partial charge on any atom is 0.256 e. The van der Waals surface area contributed by atoms with E-state index in [9.17, 15) is 9.18 Å². The van der Waals surface area contributed by atoms with Gasteiger partial charge in [-0.2, -0.15) is 0 Å². The number of nitrogens with one attached hydrogen (secondary N) is 1. The van der Waals surface area contributed by atoms with Gasteiger partial charge in [0.2, 0.25) is 0 Å². The van der Waals surface area contributed by atoms with Gasteiger partial charge < -0.3 is 10.2 Å². The molecule has 1 N–H and O–H groups in total. The highest BCUT2D eigenvalue weighted by Gasteiger charge is 2.09. The van der Waals surface area contributed by atoms with Gasteiger partial charge >= 0.3 is 0 Å². The summed E-state index contributed by atoms with van der Waals surface area (Å²) in [5.74, 6) is 0.582. The van der Waals surface area contributed by atoms with E-state index in [1.165, 1.54) is 18.5 Å². The van der Waals surface area contributed by atoms with E-state index in [4.69, 9.17) is 0 Å². The molecule has 1 heterocycles.